The topological polar surface area (TPSA) is 109 Å². The van der Waals surface area contributed by atoms with E-state index in [1.807, 2.05) is 36.4 Å². The standard InChI is InChI=1S/C33H32Cl2F3N3O5S/c34-24-8-4-21(5-9-24)31(22-6-10-25(35)11-7-22)23-19-27-28(40-26-13-16-41(17-14-26)47(44,45)33(36,37)38)12-15-39-32(27)29(20-23)46-18-2-1-3-30(42)43/h4-12,15,19-20,26,31H,1-3,13-14,16-18H2,(H,39,40)(H,42,43). The average molecular weight is 711 g/mol. The van der Waals surface area contributed by atoms with Crippen LogP contribution < -0.4 is 10.1 Å². The quantitative estimate of drug-likeness (QED) is 0.113. The molecule has 1 aliphatic heterocycles. The highest BCUT2D eigenvalue weighted by molar-refractivity contribution is 7.90. The predicted molar refractivity (Wildman–Crippen MR) is 176 cm³/mol. The predicted octanol–water partition coefficient (Wildman–Crippen LogP) is 8.08. The van der Waals surface area contributed by atoms with Crippen LogP contribution in [-0.4, -0.2) is 60.0 Å². The van der Waals surface area contributed by atoms with Gasteiger partial charge in [-0.15, -0.1) is 0 Å². The molecular weight excluding hydrogens is 678 g/mol. The molecule has 1 aliphatic rings. The average Bonchev–Trinajstić information content (AvgIpc) is 3.03. The molecule has 0 atom stereocenters. The molecule has 0 amide bonds. The second-order valence-corrected chi connectivity index (χ2v) is 14.1. The van der Waals surface area contributed by atoms with Crippen molar-refractivity contribution < 1.29 is 36.2 Å². The smallest absolute Gasteiger partial charge is 0.491 e. The summed E-state index contributed by atoms with van der Waals surface area (Å²) in [6.07, 6.45) is 2.91. The lowest BCUT2D eigenvalue weighted by molar-refractivity contribution is -0.137. The molecule has 1 fully saturated rings. The fourth-order valence-electron chi connectivity index (χ4n) is 5.70. The van der Waals surface area contributed by atoms with E-state index in [-0.39, 0.29) is 50.9 Å². The maximum Gasteiger partial charge on any atom is 0.511 e. The Morgan fingerprint density at radius 3 is 2.11 bits per heavy atom. The van der Waals surface area contributed by atoms with E-state index in [2.05, 4.69) is 10.3 Å². The zero-order valence-corrected chi connectivity index (χ0v) is 27.3. The number of hydrogen-bond acceptors (Lipinski definition) is 6. The number of aliphatic carboxylic acids is 1. The van der Waals surface area contributed by atoms with Crippen LogP contribution in [0.5, 0.6) is 5.75 Å². The maximum absolute atomic E-state index is 13.1. The number of pyridine rings is 1. The molecule has 0 bridgehead atoms. The summed E-state index contributed by atoms with van der Waals surface area (Å²) in [4.78, 5) is 15.6. The van der Waals surface area contributed by atoms with Gasteiger partial charge in [-0.05, 0) is 84.8 Å². The van der Waals surface area contributed by atoms with Crippen molar-refractivity contribution in [3.8, 4) is 5.75 Å². The number of sulfonamides is 1. The zero-order chi connectivity index (χ0) is 33.8. The lowest BCUT2D eigenvalue weighted by Crippen LogP contribution is -2.47. The number of hydrogen-bond donors (Lipinski definition) is 2. The van der Waals surface area contributed by atoms with Crippen molar-refractivity contribution in [3.63, 3.8) is 0 Å². The van der Waals surface area contributed by atoms with Crippen LogP contribution in [-0.2, 0) is 14.8 Å². The number of nitrogens with zero attached hydrogens (tertiary/aromatic N) is 2. The number of halogens is 5. The van der Waals surface area contributed by atoms with Crippen LogP contribution in [0.25, 0.3) is 10.9 Å². The van der Waals surface area contributed by atoms with E-state index in [9.17, 15) is 26.4 Å². The van der Waals surface area contributed by atoms with Crippen LogP contribution in [0.4, 0.5) is 18.9 Å². The Balaban J connectivity index is 1.53. The molecule has 0 unspecified atom stereocenters. The summed E-state index contributed by atoms with van der Waals surface area (Å²) >= 11 is 12.4. The molecule has 0 radical (unpaired) electrons. The molecule has 8 nitrogen and oxygen atoms in total. The van der Waals surface area contributed by atoms with Crippen molar-refractivity contribution in [2.24, 2.45) is 0 Å². The third-order valence-electron chi connectivity index (χ3n) is 8.06. The third kappa shape index (κ3) is 8.29. The number of nitrogens with one attached hydrogen (secondary N) is 1. The minimum absolute atomic E-state index is 0.0226. The number of carboxylic acid groups (broad SMARTS) is 1. The van der Waals surface area contributed by atoms with Crippen molar-refractivity contribution in [2.45, 2.75) is 49.6 Å². The fourth-order valence-corrected chi connectivity index (χ4v) is 6.94. The summed E-state index contributed by atoms with van der Waals surface area (Å²) in [5.74, 6) is -0.687. The van der Waals surface area contributed by atoms with Crippen molar-refractivity contribution >= 4 is 55.8 Å². The monoisotopic (exact) mass is 709 g/mol. The minimum Gasteiger partial charge on any atom is -0.491 e. The Labute approximate surface area is 280 Å². The van der Waals surface area contributed by atoms with Gasteiger partial charge < -0.3 is 15.2 Å². The molecule has 3 aromatic carbocycles. The van der Waals surface area contributed by atoms with E-state index in [1.165, 1.54) is 0 Å². The highest BCUT2D eigenvalue weighted by Crippen LogP contribution is 2.40. The summed E-state index contributed by atoms with van der Waals surface area (Å²) < 4.78 is 69.9. The number of benzene rings is 3. The highest BCUT2D eigenvalue weighted by atomic mass is 35.5. The van der Waals surface area contributed by atoms with Crippen LogP contribution in [0.2, 0.25) is 10.0 Å². The Morgan fingerprint density at radius 2 is 1.55 bits per heavy atom. The van der Waals surface area contributed by atoms with Gasteiger partial charge in [0.25, 0.3) is 0 Å². The molecule has 0 aliphatic carbocycles. The number of piperidine rings is 1. The second-order valence-electron chi connectivity index (χ2n) is 11.3. The van der Waals surface area contributed by atoms with E-state index in [0.29, 0.717) is 49.5 Å². The molecule has 1 aromatic heterocycles. The number of alkyl halides is 3. The Morgan fingerprint density at radius 1 is 0.957 bits per heavy atom. The first-order chi connectivity index (χ1) is 22.3. The van der Waals surface area contributed by atoms with Gasteiger partial charge in [0.2, 0.25) is 0 Å². The first-order valence-electron chi connectivity index (χ1n) is 14.9. The van der Waals surface area contributed by atoms with Crippen LogP contribution in [0.1, 0.15) is 54.7 Å². The summed E-state index contributed by atoms with van der Waals surface area (Å²) in [7, 11) is -5.40. The number of aromatic nitrogens is 1. The van der Waals surface area contributed by atoms with Gasteiger partial charge in [0.05, 0.1) is 6.61 Å². The van der Waals surface area contributed by atoms with Gasteiger partial charge in [-0.25, -0.2) is 8.42 Å². The Hall–Kier alpha value is -3.58. The molecule has 0 spiro atoms. The number of carboxylic acids is 1. The molecule has 0 saturated carbocycles. The maximum atomic E-state index is 13.1. The normalized spacial score (nSPS) is 14.9. The molecule has 4 aromatic rings. The molecule has 1 saturated heterocycles. The summed E-state index contributed by atoms with van der Waals surface area (Å²) in [6, 6.07) is 20.3. The van der Waals surface area contributed by atoms with Gasteiger partial charge >= 0.3 is 21.5 Å². The SMILES string of the molecule is O=C(O)CCCCOc1cc(C(c2ccc(Cl)cc2)c2ccc(Cl)cc2)cc2c(NC3CCN(S(=O)(=O)C(F)(F)F)CC3)ccnc12. The Kier molecular flexibility index (Phi) is 10.8. The van der Waals surface area contributed by atoms with E-state index < -0.39 is 21.5 Å². The largest absolute Gasteiger partial charge is 0.511 e. The number of rotatable bonds is 12. The van der Waals surface area contributed by atoms with E-state index in [1.54, 1.807) is 36.5 Å². The van der Waals surface area contributed by atoms with Crippen molar-refractivity contribution in [1.29, 1.82) is 0 Å². The van der Waals surface area contributed by atoms with Crippen LogP contribution in [0.15, 0.2) is 72.9 Å². The molecule has 5 rings (SSSR count). The number of carbonyl (C=O) groups is 1. The fraction of sp³-hybridized carbons (Fsp3) is 0.333. The van der Waals surface area contributed by atoms with Crippen LogP contribution in [0, 0.1) is 0 Å². The summed E-state index contributed by atoms with van der Waals surface area (Å²) in [5.41, 5.74) is -1.40. The molecule has 2 N–H and O–H groups in total. The molecule has 2 heterocycles. The third-order valence-corrected chi connectivity index (χ3v) is 10.2. The first-order valence-corrected chi connectivity index (χ1v) is 17.1. The van der Waals surface area contributed by atoms with Crippen molar-refractivity contribution in [2.75, 3.05) is 25.0 Å². The van der Waals surface area contributed by atoms with Crippen LogP contribution in [0.3, 0.4) is 0 Å². The van der Waals surface area contributed by atoms with E-state index >= 15 is 0 Å². The minimum atomic E-state index is -5.40. The Bertz CT molecular complexity index is 1770. The molecule has 47 heavy (non-hydrogen) atoms. The van der Waals surface area contributed by atoms with Crippen LogP contribution >= 0.6 is 23.2 Å². The first kappa shape index (κ1) is 34.7. The second kappa shape index (κ2) is 14.7. The highest BCUT2D eigenvalue weighted by Gasteiger charge is 2.50. The molecule has 14 heteroatoms. The lowest BCUT2D eigenvalue weighted by atomic mass is 9.84. The zero-order valence-electron chi connectivity index (χ0n) is 25.0. The number of anilines is 1. The molecule has 250 valence electrons. The van der Waals surface area contributed by atoms with Gasteiger partial charge in [-0.2, -0.15) is 17.5 Å². The van der Waals surface area contributed by atoms with Gasteiger partial charge in [-0.3, -0.25) is 9.78 Å². The van der Waals surface area contributed by atoms with Gasteiger partial charge in [0.1, 0.15) is 11.3 Å². The number of unbranched alkanes of at least 4 members (excludes halogenated alkanes) is 1. The summed E-state index contributed by atoms with van der Waals surface area (Å²) in [6.45, 7) is -0.286. The number of ether oxygens (including phenoxy) is 1. The van der Waals surface area contributed by atoms with Gasteiger partial charge in [-0.1, -0.05) is 47.5 Å². The van der Waals surface area contributed by atoms with Crippen molar-refractivity contribution in [3.05, 3.63) is 99.7 Å². The number of fused-ring (bicyclic) bond motifs is 1. The molecular formula is C33H32Cl2F3N3O5S. The van der Waals surface area contributed by atoms with E-state index in [4.69, 9.17) is 33.0 Å². The van der Waals surface area contributed by atoms with E-state index in [0.717, 1.165) is 16.7 Å². The van der Waals surface area contributed by atoms with Gasteiger partial charge in [0, 0.05) is 58.8 Å². The summed E-state index contributed by atoms with van der Waals surface area (Å²) in [5, 5.41) is 14.3. The lowest BCUT2D eigenvalue weighted by Gasteiger charge is -2.32. The van der Waals surface area contributed by atoms with Crippen molar-refractivity contribution in [1.82, 2.24) is 9.29 Å². The van der Waals surface area contributed by atoms with Gasteiger partial charge in [0.15, 0.2) is 0 Å².